The molecule has 1 heterocycles. The van der Waals surface area contributed by atoms with Gasteiger partial charge < -0.3 is 0 Å². The number of halogens is 1. The molecule has 0 spiro atoms. The average molecular weight is 353 g/mol. The summed E-state index contributed by atoms with van der Waals surface area (Å²) in [5, 5.41) is 0.206. The van der Waals surface area contributed by atoms with Crippen LogP contribution < -0.4 is 9.03 Å². The summed E-state index contributed by atoms with van der Waals surface area (Å²) in [4.78, 5) is 0. The van der Waals surface area contributed by atoms with Crippen LogP contribution in [0, 0.1) is 0 Å². The Kier molecular flexibility index (Phi) is 4.69. The zero-order valence-corrected chi connectivity index (χ0v) is 13.9. The summed E-state index contributed by atoms with van der Waals surface area (Å²) in [6.07, 6.45) is 1.07. The monoisotopic (exact) mass is 352 g/mol. The fraction of sp³-hybridized carbons (Fsp3) is 0.500. The van der Waals surface area contributed by atoms with Crippen molar-refractivity contribution in [1.82, 2.24) is 0 Å². The second-order valence-corrected chi connectivity index (χ2v) is 9.09. The van der Waals surface area contributed by atoms with E-state index in [2.05, 4.69) is 4.72 Å². The van der Waals surface area contributed by atoms with Gasteiger partial charge in [-0.05, 0) is 31.0 Å². The molecule has 6 nitrogen and oxygen atoms in total. The molecule has 1 saturated heterocycles. The number of rotatable bonds is 5. The van der Waals surface area contributed by atoms with E-state index >= 15 is 0 Å². The maximum atomic E-state index is 11.9. The Balaban J connectivity index is 2.26. The zero-order valence-electron chi connectivity index (χ0n) is 11.5. The van der Waals surface area contributed by atoms with E-state index in [1.54, 1.807) is 6.92 Å². The van der Waals surface area contributed by atoms with Crippen LogP contribution in [0.3, 0.4) is 0 Å². The molecule has 0 aliphatic carbocycles. The summed E-state index contributed by atoms with van der Waals surface area (Å²) in [6.45, 7) is 2.16. The van der Waals surface area contributed by atoms with Gasteiger partial charge in [-0.15, -0.1) is 0 Å². The molecular weight excluding hydrogens is 336 g/mol. The molecular formula is C12H17ClN2O4S2. The number of anilines is 2. The van der Waals surface area contributed by atoms with Crippen LogP contribution in [0.4, 0.5) is 11.4 Å². The highest BCUT2D eigenvalue weighted by Gasteiger charge is 2.29. The lowest BCUT2D eigenvalue weighted by Gasteiger charge is -2.19. The molecule has 0 aromatic heterocycles. The van der Waals surface area contributed by atoms with Crippen LogP contribution in [-0.4, -0.2) is 34.9 Å². The van der Waals surface area contributed by atoms with Crippen LogP contribution in [0.1, 0.15) is 19.8 Å². The molecule has 2 rings (SSSR count). The molecule has 1 N–H and O–H groups in total. The highest BCUT2D eigenvalue weighted by molar-refractivity contribution is 7.93. The summed E-state index contributed by atoms with van der Waals surface area (Å²) < 4.78 is 50.8. The Hall–Kier alpha value is -0.990. The Morgan fingerprint density at radius 2 is 2.10 bits per heavy atom. The van der Waals surface area contributed by atoms with E-state index in [4.69, 9.17) is 11.6 Å². The van der Waals surface area contributed by atoms with Gasteiger partial charge in [-0.25, -0.2) is 16.8 Å². The second kappa shape index (κ2) is 6.02. The zero-order chi connectivity index (χ0) is 15.7. The van der Waals surface area contributed by atoms with Crippen LogP contribution >= 0.6 is 11.6 Å². The van der Waals surface area contributed by atoms with Crippen molar-refractivity contribution in [1.29, 1.82) is 0 Å². The number of hydrogen-bond acceptors (Lipinski definition) is 4. The number of nitrogens with zero attached hydrogens (tertiary/aromatic N) is 1. The third-order valence-corrected chi connectivity index (χ3v) is 6.71. The third-order valence-electron chi connectivity index (χ3n) is 3.06. The quantitative estimate of drug-likeness (QED) is 0.878. The van der Waals surface area contributed by atoms with Crippen molar-refractivity contribution in [2.45, 2.75) is 19.8 Å². The van der Waals surface area contributed by atoms with Crippen molar-refractivity contribution >= 4 is 43.0 Å². The maximum Gasteiger partial charge on any atom is 0.235 e. The van der Waals surface area contributed by atoms with E-state index in [1.807, 2.05) is 0 Å². The van der Waals surface area contributed by atoms with Gasteiger partial charge in [0.15, 0.2) is 0 Å². The first-order valence-electron chi connectivity index (χ1n) is 6.55. The Morgan fingerprint density at radius 3 is 2.62 bits per heavy atom. The minimum absolute atomic E-state index is 0.0207. The molecule has 9 heteroatoms. The molecule has 1 aliphatic heterocycles. The van der Waals surface area contributed by atoms with Crippen LogP contribution in [0.5, 0.6) is 0 Å². The second-order valence-electron chi connectivity index (χ2n) is 4.83. The summed E-state index contributed by atoms with van der Waals surface area (Å²) in [5.41, 5.74) is 0.710. The molecule has 1 fully saturated rings. The van der Waals surface area contributed by atoms with Crippen LogP contribution in [0.15, 0.2) is 18.2 Å². The SMILES string of the molecule is CCCS(=O)(=O)Nc1ccc(N2CCCS2(=O)=O)c(Cl)c1. The van der Waals surface area contributed by atoms with Crippen molar-refractivity contribution in [2.24, 2.45) is 0 Å². The fourth-order valence-electron chi connectivity index (χ4n) is 2.18. The van der Waals surface area contributed by atoms with Gasteiger partial charge in [-0.3, -0.25) is 9.03 Å². The third kappa shape index (κ3) is 3.81. The van der Waals surface area contributed by atoms with Crippen molar-refractivity contribution in [3.63, 3.8) is 0 Å². The Morgan fingerprint density at radius 1 is 1.38 bits per heavy atom. The van der Waals surface area contributed by atoms with Gasteiger partial charge >= 0.3 is 0 Å². The molecule has 0 radical (unpaired) electrons. The largest absolute Gasteiger partial charge is 0.284 e. The summed E-state index contributed by atoms with van der Waals surface area (Å²) in [6, 6.07) is 4.47. The lowest BCUT2D eigenvalue weighted by Crippen LogP contribution is -2.25. The smallest absolute Gasteiger partial charge is 0.235 e. The summed E-state index contributed by atoms with van der Waals surface area (Å²) >= 11 is 6.10. The molecule has 0 saturated carbocycles. The molecule has 1 aromatic carbocycles. The molecule has 1 aromatic rings. The standard InChI is InChI=1S/C12H17ClN2O4S2/c1-2-7-20(16,17)14-10-4-5-12(11(13)9-10)15-6-3-8-21(15,18)19/h4-5,9,14H,2-3,6-8H2,1H3. The Bertz CT molecular complexity index is 732. The lowest BCUT2D eigenvalue weighted by atomic mass is 10.3. The highest BCUT2D eigenvalue weighted by Crippen LogP contribution is 2.33. The lowest BCUT2D eigenvalue weighted by molar-refractivity contribution is 0.598. The normalized spacial score (nSPS) is 17.9. The summed E-state index contributed by atoms with van der Waals surface area (Å²) in [5.74, 6) is 0.126. The molecule has 1 aliphatic rings. The molecule has 0 bridgehead atoms. The minimum Gasteiger partial charge on any atom is -0.284 e. The van der Waals surface area contributed by atoms with E-state index in [0.29, 0.717) is 30.8 Å². The van der Waals surface area contributed by atoms with Crippen molar-refractivity contribution < 1.29 is 16.8 Å². The number of nitrogens with one attached hydrogen (secondary N) is 1. The van der Waals surface area contributed by atoms with Gasteiger partial charge in [0.2, 0.25) is 20.0 Å². The van der Waals surface area contributed by atoms with E-state index < -0.39 is 20.0 Å². The van der Waals surface area contributed by atoms with Crippen LogP contribution in [-0.2, 0) is 20.0 Å². The van der Waals surface area contributed by atoms with Crippen molar-refractivity contribution in [3.8, 4) is 0 Å². The van der Waals surface area contributed by atoms with Crippen LogP contribution in [0.25, 0.3) is 0 Å². The van der Waals surface area contributed by atoms with E-state index in [1.165, 1.54) is 22.5 Å². The highest BCUT2D eigenvalue weighted by atomic mass is 35.5. The molecule has 0 atom stereocenters. The number of hydrogen-bond donors (Lipinski definition) is 1. The van der Waals surface area contributed by atoms with E-state index in [0.717, 1.165) is 0 Å². The van der Waals surface area contributed by atoms with Gasteiger partial charge in [0, 0.05) is 6.54 Å². The molecule has 0 amide bonds. The fourth-order valence-corrected chi connectivity index (χ4v) is 5.22. The predicted molar refractivity (Wildman–Crippen MR) is 84.9 cm³/mol. The topological polar surface area (TPSA) is 83.6 Å². The summed E-state index contributed by atoms with van der Waals surface area (Å²) in [7, 11) is -6.71. The first-order valence-corrected chi connectivity index (χ1v) is 10.2. The van der Waals surface area contributed by atoms with Gasteiger partial charge in [0.25, 0.3) is 0 Å². The predicted octanol–water partition coefficient (Wildman–Crippen LogP) is 2.03. The average Bonchev–Trinajstić information content (AvgIpc) is 2.68. The van der Waals surface area contributed by atoms with Gasteiger partial charge in [0.1, 0.15) is 0 Å². The van der Waals surface area contributed by atoms with E-state index in [-0.39, 0.29) is 16.5 Å². The van der Waals surface area contributed by atoms with E-state index in [9.17, 15) is 16.8 Å². The Labute approximate surface area is 130 Å². The van der Waals surface area contributed by atoms with Crippen LogP contribution in [0.2, 0.25) is 5.02 Å². The first kappa shape index (κ1) is 16.4. The number of benzene rings is 1. The van der Waals surface area contributed by atoms with Crippen molar-refractivity contribution in [2.75, 3.05) is 27.1 Å². The van der Waals surface area contributed by atoms with Gasteiger partial charge in [-0.2, -0.15) is 0 Å². The van der Waals surface area contributed by atoms with Crippen molar-refractivity contribution in [3.05, 3.63) is 23.2 Å². The molecule has 21 heavy (non-hydrogen) atoms. The molecule has 0 unspecified atom stereocenters. The van der Waals surface area contributed by atoms with Gasteiger partial charge in [-0.1, -0.05) is 18.5 Å². The minimum atomic E-state index is -3.40. The number of sulfonamides is 2. The maximum absolute atomic E-state index is 11.9. The first-order chi connectivity index (χ1) is 9.75. The molecule has 118 valence electrons. The van der Waals surface area contributed by atoms with Gasteiger partial charge in [0.05, 0.1) is 27.9 Å².